The minimum absolute atomic E-state index is 0.0782. The highest BCUT2D eigenvalue weighted by molar-refractivity contribution is 5.82. The van der Waals surface area contributed by atoms with Gasteiger partial charge in [-0.15, -0.1) is 0 Å². The van der Waals surface area contributed by atoms with E-state index in [1.807, 2.05) is 17.0 Å². The molecular weight excluding hydrogens is 425 g/mol. The molecule has 1 fully saturated rings. The minimum Gasteiger partial charge on any atom is -0.363 e. The Balaban J connectivity index is 1.66. The van der Waals surface area contributed by atoms with Gasteiger partial charge in [-0.3, -0.25) is 4.79 Å². The highest BCUT2D eigenvalue weighted by atomic mass is 19.1. The predicted molar refractivity (Wildman–Crippen MR) is 139 cm³/mol. The van der Waals surface area contributed by atoms with Crippen molar-refractivity contribution in [1.82, 2.24) is 4.90 Å². The Morgan fingerprint density at radius 1 is 1.09 bits per heavy atom. The third kappa shape index (κ3) is 7.42. The molecule has 2 N–H and O–H groups in total. The maximum absolute atomic E-state index is 13.1. The summed E-state index contributed by atoms with van der Waals surface area (Å²) >= 11 is 0. The van der Waals surface area contributed by atoms with Gasteiger partial charge in [0.15, 0.2) is 0 Å². The topological polar surface area (TPSA) is 49.6 Å². The van der Waals surface area contributed by atoms with Crippen LogP contribution in [-0.4, -0.2) is 42.5 Å². The molecule has 3 rings (SSSR count). The summed E-state index contributed by atoms with van der Waals surface area (Å²) in [6.07, 6.45) is 5.72. The van der Waals surface area contributed by atoms with Crippen LogP contribution in [0.3, 0.4) is 0 Å². The molecule has 2 unspecified atom stereocenters. The molecule has 5 heteroatoms. The predicted octanol–water partition coefficient (Wildman–Crippen LogP) is 5.36. The van der Waals surface area contributed by atoms with Crippen LogP contribution in [0, 0.1) is 11.7 Å². The van der Waals surface area contributed by atoms with Crippen molar-refractivity contribution < 1.29 is 9.18 Å². The molecule has 1 saturated heterocycles. The maximum atomic E-state index is 13.1. The summed E-state index contributed by atoms with van der Waals surface area (Å²) in [7, 11) is 0. The molecule has 1 amide bonds. The van der Waals surface area contributed by atoms with Crippen molar-refractivity contribution in [3.05, 3.63) is 77.1 Å². The first-order chi connectivity index (χ1) is 16.2. The summed E-state index contributed by atoms with van der Waals surface area (Å²) in [6, 6.07) is 15.4. The summed E-state index contributed by atoms with van der Waals surface area (Å²) in [4.78, 5) is 17.2. The first-order valence-electron chi connectivity index (χ1n) is 12.5. The SMILES string of the molecule is CC(C)=CCN(c1ccc(CCc2ccc(F)cc2)cc1)C1CCN(C(=O)C(N)CC(C)C)C1. The van der Waals surface area contributed by atoms with Crippen LogP contribution >= 0.6 is 0 Å². The molecule has 184 valence electrons. The van der Waals surface area contributed by atoms with Gasteiger partial charge >= 0.3 is 0 Å². The number of rotatable bonds is 10. The van der Waals surface area contributed by atoms with Gasteiger partial charge in [0.1, 0.15) is 5.82 Å². The number of amides is 1. The first-order valence-corrected chi connectivity index (χ1v) is 12.5. The molecule has 4 nitrogen and oxygen atoms in total. The number of likely N-dealkylation sites (tertiary alicyclic amines) is 1. The molecule has 0 radical (unpaired) electrons. The summed E-state index contributed by atoms with van der Waals surface area (Å²) < 4.78 is 13.1. The fourth-order valence-corrected chi connectivity index (χ4v) is 4.58. The van der Waals surface area contributed by atoms with Crippen LogP contribution in [0.4, 0.5) is 10.1 Å². The summed E-state index contributed by atoms with van der Waals surface area (Å²) in [5.74, 6) is 0.293. The second kappa shape index (κ2) is 12.2. The van der Waals surface area contributed by atoms with Crippen molar-refractivity contribution in [2.75, 3.05) is 24.5 Å². The number of anilines is 1. The van der Waals surface area contributed by atoms with Crippen LogP contribution < -0.4 is 10.6 Å². The number of benzene rings is 2. The molecule has 0 spiro atoms. The minimum atomic E-state index is -0.412. The Labute approximate surface area is 204 Å². The fraction of sp³-hybridized carbons (Fsp3) is 0.483. The molecule has 0 aromatic heterocycles. The number of halogens is 1. The van der Waals surface area contributed by atoms with E-state index in [-0.39, 0.29) is 17.8 Å². The van der Waals surface area contributed by atoms with Gasteiger partial charge in [0.05, 0.1) is 6.04 Å². The number of nitrogens with zero attached hydrogens (tertiary/aromatic N) is 2. The van der Waals surface area contributed by atoms with E-state index >= 15 is 0 Å². The van der Waals surface area contributed by atoms with Gasteiger partial charge in [-0.25, -0.2) is 4.39 Å². The van der Waals surface area contributed by atoms with Gasteiger partial charge in [0, 0.05) is 31.4 Å². The number of hydrogen-bond donors (Lipinski definition) is 1. The molecule has 0 saturated carbocycles. The smallest absolute Gasteiger partial charge is 0.239 e. The molecule has 2 aromatic carbocycles. The Hall–Kier alpha value is -2.66. The summed E-state index contributed by atoms with van der Waals surface area (Å²) in [5, 5.41) is 0. The Morgan fingerprint density at radius 2 is 1.68 bits per heavy atom. The molecule has 2 aromatic rings. The van der Waals surface area contributed by atoms with Crippen LogP contribution in [0.1, 0.15) is 51.7 Å². The van der Waals surface area contributed by atoms with Crippen molar-refractivity contribution in [2.24, 2.45) is 11.7 Å². The number of aryl methyl sites for hydroxylation is 2. The lowest BCUT2D eigenvalue weighted by atomic mass is 10.0. The highest BCUT2D eigenvalue weighted by Gasteiger charge is 2.32. The van der Waals surface area contributed by atoms with E-state index in [2.05, 4.69) is 62.9 Å². The van der Waals surface area contributed by atoms with Crippen molar-refractivity contribution in [3.8, 4) is 0 Å². The maximum Gasteiger partial charge on any atom is 0.239 e. The van der Waals surface area contributed by atoms with Gasteiger partial charge in [-0.2, -0.15) is 0 Å². The monoisotopic (exact) mass is 465 g/mol. The molecule has 1 aliphatic rings. The average molecular weight is 466 g/mol. The Kier molecular flexibility index (Phi) is 9.28. The number of hydrogen-bond acceptors (Lipinski definition) is 3. The Morgan fingerprint density at radius 3 is 2.24 bits per heavy atom. The number of carbonyl (C=O) groups excluding carboxylic acids is 1. The molecule has 0 aliphatic carbocycles. The van der Waals surface area contributed by atoms with Crippen LogP contribution in [-0.2, 0) is 17.6 Å². The van der Waals surface area contributed by atoms with Gasteiger partial charge in [-0.1, -0.05) is 49.8 Å². The van der Waals surface area contributed by atoms with Gasteiger partial charge in [-0.05, 0) is 80.8 Å². The zero-order valence-corrected chi connectivity index (χ0v) is 21.1. The van der Waals surface area contributed by atoms with Crippen LogP contribution in [0.2, 0.25) is 0 Å². The third-order valence-corrected chi connectivity index (χ3v) is 6.54. The molecule has 1 heterocycles. The zero-order valence-electron chi connectivity index (χ0n) is 21.1. The van der Waals surface area contributed by atoms with Crippen LogP contribution in [0.5, 0.6) is 0 Å². The van der Waals surface area contributed by atoms with E-state index in [0.29, 0.717) is 12.5 Å². The molecule has 34 heavy (non-hydrogen) atoms. The number of allylic oxidation sites excluding steroid dienone is 1. The van der Waals surface area contributed by atoms with E-state index < -0.39 is 6.04 Å². The van der Waals surface area contributed by atoms with E-state index in [1.54, 1.807) is 0 Å². The van der Waals surface area contributed by atoms with Crippen LogP contribution in [0.15, 0.2) is 60.2 Å². The van der Waals surface area contributed by atoms with Gasteiger partial charge in [0.2, 0.25) is 5.91 Å². The lowest BCUT2D eigenvalue weighted by molar-refractivity contribution is -0.131. The van der Waals surface area contributed by atoms with Gasteiger partial charge < -0.3 is 15.5 Å². The van der Waals surface area contributed by atoms with Gasteiger partial charge in [0.25, 0.3) is 0 Å². The largest absolute Gasteiger partial charge is 0.363 e. The first kappa shape index (κ1) is 26.0. The standard InChI is InChI=1S/C29H40FN3O/c1-21(2)15-18-33(27-16-17-32(20-27)29(34)28(31)19-22(3)4)26-13-9-24(10-14-26)6-5-23-7-11-25(30)12-8-23/h7-15,22,27-28H,5-6,16-20,31H2,1-4H3. The fourth-order valence-electron chi connectivity index (χ4n) is 4.58. The summed E-state index contributed by atoms with van der Waals surface area (Å²) in [6.45, 7) is 10.7. The van der Waals surface area contributed by atoms with E-state index in [1.165, 1.54) is 29.0 Å². The van der Waals surface area contributed by atoms with Crippen molar-refractivity contribution in [1.29, 1.82) is 0 Å². The van der Waals surface area contributed by atoms with Crippen molar-refractivity contribution >= 4 is 11.6 Å². The lowest BCUT2D eigenvalue weighted by Gasteiger charge is -2.31. The van der Waals surface area contributed by atoms with Crippen molar-refractivity contribution in [2.45, 2.75) is 65.5 Å². The molecular formula is C29H40FN3O. The Bertz CT molecular complexity index is 948. The normalized spacial score (nSPS) is 16.6. The van der Waals surface area contributed by atoms with E-state index in [0.717, 1.165) is 44.3 Å². The molecule has 1 aliphatic heterocycles. The quantitative estimate of drug-likeness (QED) is 0.481. The van der Waals surface area contributed by atoms with Crippen molar-refractivity contribution in [3.63, 3.8) is 0 Å². The zero-order chi connectivity index (χ0) is 24.7. The van der Waals surface area contributed by atoms with Crippen LogP contribution in [0.25, 0.3) is 0 Å². The second-order valence-electron chi connectivity index (χ2n) is 10.2. The number of nitrogens with two attached hydrogens (primary N) is 1. The summed E-state index contributed by atoms with van der Waals surface area (Å²) in [5.41, 5.74) is 11.1. The second-order valence-corrected chi connectivity index (χ2v) is 10.2. The molecule has 0 bridgehead atoms. The average Bonchev–Trinajstić information content (AvgIpc) is 3.28. The highest BCUT2D eigenvalue weighted by Crippen LogP contribution is 2.25. The van der Waals surface area contributed by atoms with E-state index in [4.69, 9.17) is 5.73 Å². The number of carbonyl (C=O) groups is 1. The lowest BCUT2D eigenvalue weighted by Crippen LogP contribution is -2.45. The molecule has 2 atom stereocenters. The van der Waals surface area contributed by atoms with E-state index in [9.17, 15) is 9.18 Å². The third-order valence-electron chi connectivity index (χ3n) is 6.54.